The van der Waals surface area contributed by atoms with Crippen molar-refractivity contribution in [2.24, 2.45) is 0 Å². The van der Waals surface area contributed by atoms with Gasteiger partial charge in [0, 0.05) is 0 Å². The number of hydrogen-bond donors (Lipinski definition) is 1. The molecule has 1 atom stereocenters. The molecule has 0 aliphatic carbocycles. The monoisotopic (exact) mass is 228 g/mol. The van der Waals surface area contributed by atoms with Gasteiger partial charge in [-0.3, -0.25) is 0 Å². The second-order valence-corrected chi connectivity index (χ2v) is 3.85. The Morgan fingerprint density at radius 1 is 1.33 bits per heavy atom. The topological polar surface area (TPSA) is 20.2 Å². The molecule has 1 N–H and O–H groups in total. The van der Waals surface area contributed by atoms with Gasteiger partial charge < -0.3 is 0 Å². The average molecular weight is 227 g/mol. The summed E-state index contributed by atoms with van der Waals surface area (Å²) in [6, 6.07) is 8.17. The van der Waals surface area contributed by atoms with E-state index in [2.05, 4.69) is 34.6 Å². The van der Waals surface area contributed by atoms with Crippen LogP contribution >= 0.6 is 0 Å². The van der Waals surface area contributed by atoms with Gasteiger partial charge in [-0.2, -0.15) is 0 Å². The predicted molar refractivity (Wildman–Crippen MR) is 52.3 cm³/mol. The molecule has 1 aromatic carbocycles. The van der Waals surface area contributed by atoms with Gasteiger partial charge >= 0.3 is 80.4 Å². The Morgan fingerprint density at radius 3 is 2.25 bits per heavy atom. The Hall–Kier alpha value is -0.591. The van der Waals surface area contributed by atoms with E-state index in [4.69, 9.17) is 0 Å². The third-order valence-corrected chi connectivity index (χ3v) is 2.69. The molecule has 12 heavy (non-hydrogen) atoms. The summed E-state index contributed by atoms with van der Waals surface area (Å²) in [5, 5.41) is 9.20. The zero-order chi connectivity index (χ0) is 9.14. The molecule has 64 valence electrons. The van der Waals surface area contributed by atoms with Gasteiger partial charge in [0.25, 0.3) is 0 Å². The van der Waals surface area contributed by atoms with Crippen molar-refractivity contribution < 1.29 is 5.11 Å². The number of hydrogen-bond acceptors (Lipinski definition) is 1. The molecule has 0 aromatic heterocycles. The van der Waals surface area contributed by atoms with E-state index in [1.165, 1.54) is 5.56 Å². The summed E-state index contributed by atoms with van der Waals surface area (Å²) in [4.78, 5) is 0. The number of aryl methyl sites for hydroxylation is 1. The van der Waals surface area contributed by atoms with Crippen molar-refractivity contribution in [1.29, 1.82) is 0 Å². The molecule has 0 saturated heterocycles. The summed E-state index contributed by atoms with van der Waals surface area (Å²) in [7, 11) is 0. The van der Waals surface area contributed by atoms with Crippen LogP contribution in [0, 0.1) is 6.92 Å². The molecule has 1 aromatic rings. The number of aliphatic hydroxyl groups is 1. The fraction of sp³-hybridized carbons (Fsp3) is 0.300. The standard InChI is InChI=1S/C10H12OSe/c1-7-3-5-9(6-4-7)8(2)10(11)12/h3-6,8H,1-2H3,(H,11,12). The first-order chi connectivity index (χ1) is 5.61. The zero-order valence-corrected chi connectivity index (χ0v) is 8.96. The summed E-state index contributed by atoms with van der Waals surface area (Å²) in [6.07, 6.45) is 0. The van der Waals surface area contributed by atoms with Crippen molar-refractivity contribution in [3.63, 3.8) is 0 Å². The molecule has 0 heterocycles. The summed E-state index contributed by atoms with van der Waals surface area (Å²) in [5.74, 6) is 0.0885. The van der Waals surface area contributed by atoms with E-state index in [9.17, 15) is 5.11 Å². The van der Waals surface area contributed by atoms with Gasteiger partial charge in [-0.15, -0.1) is 0 Å². The van der Waals surface area contributed by atoms with Crippen molar-refractivity contribution in [3.05, 3.63) is 35.4 Å². The maximum absolute atomic E-state index is 9.20. The van der Waals surface area contributed by atoms with Crippen molar-refractivity contribution in [2.45, 2.75) is 19.8 Å². The van der Waals surface area contributed by atoms with Crippen LogP contribution in [0.15, 0.2) is 24.3 Å². The predicted octanol–water partition coefficient (Wildman–Crippen LogP) is 1.77. The first-order valence-corrected chi connectivity index (χ1v) is 4.76. The molecule has 1 rings (SSSR count). The summed E-state index contributed by atoms with van der Waals surface area (Å²) in [5.41, 5.74) is 2.38. The van der Waals surface area contributed by atoms with Crippen LogP contribution in [-0.4, -0.2) is 25.3 Å². The van der Waals surface area contributed by atoms with Gasteiger partial charge in [0.05, 0.1) is 0 Å². The summed E-state index contributed by atoms with van der Waals surface area (Å²) < 4.78 is 0.346. The molecule has 0 saturated carbocycles. The second kappa shape index (κ2) is 3.88. The van der Waals surface area contributed by atoms with Gasteiger partial charge in [0.2, 0.25) is 0 Å². The molecular formula is C10H12OSe. The number of benzene rings is 1. The quantitative estimate of drug-likeness (QED) is 0.763. The van der Waals surface area contributed by atoms with Gasteiger partial charge in [-0.25, -0.2) is 0 Å². The zero-order valence-electron chi connectivity index (χ0n) is 7.24. The van der Waals surface area contributed by atoms with Crippen LogP contribution in [0.3, 0.4) is 0 Å². The van der Waals surface area contributed by atoms with Gasteiger partial charge in [-0.05, 0) is 0 Å². The van der Waals surface area contributed by atoms with Crippen LogP contribution in [0.1, 0.15) is 24.0 Å². The third kappa shape index (κ3) is 2.20. The van der Waals surface area contributed by atoms with E-state index in [0.29, 0.717) is 4.60 Å². The van der Waals surface area contributed by atoms with E-state index in [1.807, 2.05) is 19.1 Å². The van der Waals surface area contributed by atoms with Gasteiger partial charge in [0.15, 0.2) is 0 Å². The maximum atomic E-state index is 9.20. The summed E-state index contributed by atoms with van der Waals surface area (Å²) >= 11 is 2.63. The minimum atomic E-state index is 0.0885. The molecule has 0 amide bonds. The molecule has 1 unspecified atom stereocenters. The van der Waals surface area contributed by atoms with Crippen molar-refractivity contribution in [1.82, 2.24) is 0 Å². The Labute approximate surface area is 80.8 Å². The molecular weight excluding hydrogens is 215 g/mol. The Kier molecular flexibility index (Phi) is 3.07. The molecule has 0 spiro atoms. The van der Waals surface area contributed by atoms with Crippen LogP contribution < -0.4 is 0 Å². The van der Waals surface area contributed by atoms with Crippen molar-refractivity contribution in [2.75, 3.05) is 0 Å². The molecule has 0 fully saturated rings. The van der Waals surface area contributed by atoms with E-state index >= 15 is 0 Å². The van der Waals surface area contributed by atoms with Crippen molar-refractivity contribution >= 4 is 20.2 Å². The average Bonchev–Trinajstić information content (AvgIpc) is 2.04. The normalized spacial score (nSPS) is 12.5. The Balaban J connectivity index is 2.89. The fourth-order valence-corrected chi connectivity index (χ4v) is 1.28. The molecule has 1 nitrogen and oxygen atoms in total. The van der Waals surface area contributed by atoms with Gasteiger partial charge in [0.1, 0.15) is 0 Å². The molecule has 2 heteroatoms. The molecule has 0 radical (unpaired) electrons. The molecule has 0 aliphatic heterocycles. The van der Waals surface area contributed by atoms with Crippen LogP contribution in [0.2, 0.25) is 0 Å². The number of rotatable bonds is 2. The second-order valence-electron chi connectivity index (χ2n) is 2.97. The van der Waals surface area contributed by atoms with E-state index in [0.717, 1.165) is 5.56 Å². The first kappa shape index (κ1) is 9.50. The van der Waals surface area contributed by atoms with Gasteiger partial charge in [-0.1, -0.05) is 0 Å². The molecule has 0 bridgehead atoms. The first-order valence-electron chi connectivity index (χ1n) is 3.90. The number of aliphatic hydroxyl groups excluding tert-OH is 1. The fourth-order valence-electron chi connectivity index (χ4n) is 0.998. The Bertz CT molecular complexity index is 276. The minimum absolute atomic E-state index is 0.0885. The SMILES string of the molecule is Cc1ccc(C(C)C(O)=[Se])cc1. The Morgan fingerprint density at radius 2 is 1.83 bits per heavy atom. The van der Waals surface area contributed by atoms with Crippen molar-refractivity contribution in [3.8, 4) is 0 Å². The van der Waals surface area contributed by atoms with Crippen LogP contribution in [0.4, 0.5) is 0 Å². The van der Waals surface area contributed by atoms with Crippen LogP contribution in [0.5, 0.6) is 0 Å². The summed E-state index contributed by atoms with van der Waals surface area (Å²) in [6.45, 7) is 4.02. The molecule has 0 aliphatic rings. The van der Waals surface area contributed by atoms with Crippen LogP contribution in [0.25, 0.3) is 0 Å². The van der Waals surface area contributed by atoms with Crippen LogP contribution in [-0.2, 0) is 0 Å². The third-order valence-electron chi connectivity index (χ3n) is 1.95. The van der Waals surface area contributed by atoms with E-state index in [1.54, 1.807) is 0 Å². The van der Waals surface area contributed by atoms with E-state index < -0.39 is 0 Å². The van der Waals surface area contributed by atoms with E-state index in [-0.39, 0.29) is 5.92 Å².